The Bertz CT molecular complexity index is 2710. The lowest BCUT2D eigenvalue weighted by Crippen LogP contribution is -2.00. The minimum atomic E-state index is 0.515. The fraction of sp³-hybridized carbons (Fsp3) is 0. The van der Waals surface area contributed by atoms with Crippen LogP contribution in [0.15, 0.2) is 170 Å². The molecular formula is C46H28N4. The predicted molar refractivity (Wildman–Crippen MR) is 204 cm³/mol. The molecule has 0 saturated heterocycles. The number of hydrogen-bond acceptors (Lipinski definition) is 4. The van der Waals surface area contributed by atoms with Crippen molar-refractivity contribution in [3.8, 4) is 62.5 Å². The normalized spacial score (nSPS) is 11.2. The molecule has 50 heavy (non-hydrogen) atoms. The van der Waals surface area contributed by atoms with E-state index in [1.54, 1.807) is 0 Å². The van der Waals surface area contributed by atoms with Gasteiger partial charge in [-0.05, 0) is 78.8 Å². The van der Waals surface area contributed by atoms with Gasteiger partial charge in [0.1, 0.15) is 0 Å². The molecule has 0 saturated carbocycles. The van der Waals surface area contributed by atoms with Crippen molar-refractivity contribution in [2.45, 2.75) is 0 Å². The first-order valence-electron chi connectivity index (χ1n) is 16.6. The molecule has 8 aromatic carbocycles. The lowest BCUT2D eigenvalue weighted by molar-refractivity contribution is 1.07. The minimum absolute atomic E-state index is 0.515. The summed E-state index contributed by atoms with van der Waals surface area (Å²) in [5, 5.41) is 17.5. The Morgan fingerprint density at radius 2 is 0.700 bits per heavy atom. The molecule has 0 bridgehead atoms. The molecule has 9 rings (SSSR count). The molecule has 0 fully saturated rings. The first-order chi connectivity index (χ1) is 24.7. The number of aromatic nitrogens is 3. The summed E-state index contributed by atoms with van der Waals surface area (Å²) in [5.41, 5.74) is 7.29. The first kappa shape index (κ1) is 29.2. The van der Waals surface area contributed by atoms with Crippen molar-refractivity contribution in [3.05, 3.63) is 175 Å². The lowest BCUT2D eigenvalue weighted by Gasteiger charge is -2.12. The highest BCUT2D eigenvalue weighted by atomic mass is 15.0. The zero-order valence-corrected chi connectivity index (χ0v) is 27.0. The molecule has 0 amide bonds. The second-order valence-corrected chi connectivity index (χ2v) is 12.4. The van der Waals surface area contributed by atoms with Gasteiger partial charge in [0, 0.05) is 16.7 Å². The quantitative estimate of drug-likeness (QED) is 0.176. The summed E-state index contributed by atoms with van der Waals surface area (Å²) in [5.74, 6) is 1.66. The largest absolute Gasteiger partial charge is 0.208 e. The summed E-state index contributed by atoms with van der Waals surface area (Å²) in [6, 6.07) is 60.6. The summed E-state index contributed by atoms with van der Waals surface area (Å²) in [4.78, 5) is 14.8. The molecule has 4 nitrogen and oxygen atoms in total. The van der Waals surface area contributed by atoms with E-state index >= 15 is 0 Å². The van der Waals surface area contributed by atoms with Gasteiger partial charge in [0.2, 0.25) is 0 Å². The van der Waals surface area contributed by atoms with Crippen molar-refractivity contribution in [1.82, 2.24) is 15.0 Å². The van der Waals surface area contributed by atoms with E-state index in [9.17, 15) is 5.26 Å². The molecule has 0 atom stereocenters. The highest BCUT2D eigenvalue weighted by Gasteiger charge is 2.15. The van der Waals surface area contributed by atoms with E-state index in [1.807, 2.05) is 78.9 Å². The summed E-state index contributed by atoms with van der Waals surface area (Å²) in [6.45, 7) is 0. The van der Waals surface area contributed by atoms with Crippen molar-refractivity contribution in [3.63, 3.8) is 0 Å². The number of hydrogen-bond donors (Lipinski definition) is 0. The van der Waals surface area contributed by atoms with E-state index in [0.29, 0.717) is 23.0 Å². The van der Waals surface area contributed by atoms with Crippen LogP contribution in [0.3, 0.4) is 0 Å². The number of nitrogens with zero attached hydrogens (tertiary/aromatic N) is 4. The van der Waals surface area contributed by atoms with Crippen molar-refractivity contribution in [2.75, 3.05) is 0 Å². The molecule has 0 aliphatic heterocycles. The number of fused-ring (bicyclic) bond motifs is 6. The van der Waals surface area contributed by atoms with Gasteiger partial charge in [0.25, 0.3) is 0 Å². The SMILES string of the molecule is N#Cc1cc(-c2ccccc2)cc(-c2nc(-c3ccccc3)nc(-c3ccc(-c4ccc5c6ccccc6c6ccccc6c5c4)cc3)n2)c1. The van der Waals surface area contributed by atoms with E-state index in [1.165, 1.54) is 32.3 Å². The van der Waals surface area contributed by atoms with E-state index in [2.05, 4.69) is 97.1 Å². The van der Waals surface area contributed by atoms with Crippen molar-refractivity contribution in [2.24, 2.45) is 0 Å². The van der Waals surface area contributed by atoms with Gasteiger partial charge in [-0.15, -0.1) is 0 Å². The minimum Gasteiger partial charge on any atom is -0.208 e. The maximum atomic E-state index is 9.92. The van der Waals surface area contributed by atoms with Crippen LogP contribution in [0.5, 0.6) is 0 Å². The standard InChI is InChI=1S/C46H28N4/c47-29-30-25-36(31-11-3-1-4-12-31)27-37(26-30)46-49-44(33-13-5-2-6-14-33)48-45(50-46)34-21-19-32(20-22-34)35-23-24-42-40-17-8-7-15-38(40)39-16-9-10-18-41(39)43(42)28-35/h1-28H. The van der Waals surface area contributed by atoms with Crippen LogP contribution in [0, 0.1) is 11.3 Å². The van der Waals surface area contributed by atoms with E-state index in [-0.39, 0.29) is 0 Å². The highest BCUT2D eigenvalue weighted by molar-refractivity contribution is 6.25. The van der Waals surface area contributed by atoms with Crippen LogP contribution in [0.1, 0.15) is 5.56 Å². The molecule has 0 aliphatic carbocycles. The second-order valence-electron chi connectivity index (χ2n) is 12.4. The zero-order valence-electron chi connectivity index (χ0n) is 27.0. The number of rotatable bonds is 5. The Morgan fingerprint density at radius 1 is 0.300 bits per heavy atom. The topological polar surface area (TPSA) is 62.5 Å². The Hall–Kier alpha value is -6.96. The third-order valence-electron chi connectivity index (χ3n) is 9.32. The second kappa shape index (κ2) is 12.2. The van der Waals surface area contributed by atoms with Crippen LogP contribution >= 0.6 is 0 Å². The molecule has 1 aromatic heterocycles. The molecular weight excluding hydrogens is 609 g/mol. The van der Waals surface area contributed by atoms with Gasteiger partial charge in [-0.3, -0.25) is 0 Å². The molecule has 232 valence electrons. The molecule has 0 radical (unpaired) electrons. The summed E-state index contributed by atoms with van der Waals surface area (Å²) in [7, 11) is 0. The third kappa shape index (κ3) is 5.24. The fourth-order valence-electron chi connectivity index (χ4n) is 6.87. The van der Waals surface area contributed by atoms with Crippen LogP contribution in [0.2, 0.25) is 0 Å². The third-order valence-corrected chi connectivity index (χ3v) is 9.32. The molecule has 0 unspecified atom stereocenters. The van der Waals surface area contributed by atoms with Gasteiger partial charge < -0.3 is 0 Å². The summed E-state index contributed by atoms with van der Waals surface area (Å²) in [6.07, 6.45) is 0. The van der Waals surface area contributed by atoms with Gasteiger partial charge in [0.05, 0.1) is 11.6 Å². The maximum absolute atomic E-state index is 9.92. The van der Waals surface area contributed by atoms with Gasteiger partial charge in [-0.25, -0.2) is 15.0 Å². The van der Waals surface area contributed by atoms with Gasteiger partial charge in [-0.1, -0.05) is 146 Å². The van der Waals surface area contributed by atoms with Crippen LogP contribution in [0.4, 0.5) is 0 Å². The Labute approximate surface area is 289 Å². The molecule has 9 aromatic rings. The van der Waals surface area contributed by atoms with Crippen LogP contribution in [-0.4, -0.2) is 15.0 Å². The van der Waals surface area contributed by atoms with E-state index < -0.39 is 0 Å². The Morgan fingerprint density at radius 3 is 1.28 bits per heavy atom. The zero-order chi connectivity index (χ0) is 33.4. The maximum Gasteiger partial charge on any atom is 0.164 e. The summed E-state index contributed by atoms with van der Waals surface area (Å²) < 4.78 is 0. The first-order valence-corrected chi connectivity index (χ1v) is 16.6. The van der Waals surface area contributed by atoms with Gasteiger partial charge in [-0.2, -0.15) is 5.26 Å². The van der Waals surface area contributed by atoms with Gasteiger partial charge in [0.15, 0.2) is 17.5 Å². The lowest BCUT2D eigenvalue weighted by atomic mass is 9.92. The highest BCUT2D eigenvalue weighted by Crippen LogP contribution is 2.37. The Kier molecular flexibility index (Phi) is 7.15. The van der Waals surface area contributed by atoms with Crippen molar-refractivity contribution < 1.29 is 0 Å². The molecule has 0 aliphatic rings. The molecule has 0 spiro atoms. The fourth-order valence-corrected chi connectivity index (χ4v) is 6.87. The van der Waals surface area contributed by atoms with Gasteiger partial charge >= 0.3 is 0 Å². The predicted octanol–water partition coefficient (Wildman–Crippen LogP) is 11.5. The Balaban J connectivity index is 1.15. The van der Waals surface area contributed by atoms with Crippen LogP contribution in [0.25, 0.3) is 88.7 Å². The average Bonchev–Trinajstić information content (AvgIpc) is 3.21. The van der Waals surface area contributed by atoms with Crippen molar-refractivity contribution >= 4 is 32.3 Å². The molecule has 1 heterocycles. The summed E-state index contributed by atoms with van der Waals surface area (Å²) >= 11 is 0. The van der Waals surface area contributed by atoms with E-state index in [4.69, 9.17) is 15.0 Å². The average molecular weight is 637 g/mol. The molecule has 0 N–H and O–H groups in total. The number of benzene rings is 8. The number of nitriles is 1. The van der Waals surface area contributed by atoms with Crippen LogP contribution in [-0.2, 0) is 0 Å². The molecule has 4 heteroatoms. The van der Waals surface area contributed by atoms with Crippen molar-refractivity contribution in [1.29, 1.82) is 5.26 Å². The monoisotopic (exact) mass is 636 g/mol. The van der Waals surface area contributed by atoms with Crippen LogP contribution < -0.4 is 0 Å². The smallest absolute Gasteiger partial charge is 0.164 e. The van der Waals surface area contributed by atoms with E-state index in [0.717, 1.165) is 38.9 Å².